The highest BCUT2D eigenvalue weighted by atomic mass is 35.5. The molecule has 1 aliphatic carbocycles. The lowest BCUT2D eigenvalue weighted by Gasteiger charge is -2.34. The second-order valence-corrected chi connectivity index (χ2v) is 13.3. The maximum absolute atomic E-state index is 14.2. The summed E-state index contributed by atoms with van der Waals surface area (Å²) < 4.78 is 26.8. The van der Waals surface area contributed by atoms with Crippen molar-refractivity contribution in [2.24, 2.45) is 0 Å². The Hall–Kier alpha value is -2.78. The van der Waals surface area contributed by atoms with E-state index in [-0.39, 0.29) is 35.6 Å². The molecular formula is C30H32Cl3N3O4S. The fraction of sp³-hybridized carbons (Fsp3) is 0.333. The fourth-order valence-electron chi connectivity index (χ4n) is 5.00. The van der Waals surface area contributed by atoms with E-state index in [1.807, 2.05) is 30.3 Å². The molecule has 7 nitrogen and oxygen atoms in total. The Balaban J connectivity index is 1.75. The molecule has 11 heteroatoms. The van der Waals surface area contributed by atoms with Crippen LogP contribution in [0.4, 0.5) is 5.69 Å². The second kappa shape index (κ2) is 13.9. The van der Waals surface area contributed by atoms with Gasteiger partial charge in [0.15, 0.2) is 0 Å². The van der Waals surface area contributed by atoms with Crippen molar-refractivity contribution in [1.82, 2.24) is 10.2 Å². The molecule has 1 aliphatic rings. The Morgan fingerprint density at radius 2 is 1.59 bits per heavy atom. The summed E-state index contributed by atoms with van der Waals surface area (Å²) in [6.45, 7) is -0.597. The number of hydrogen-bond acceptors (Lipinski definition) is 4. The molecule has 1 saturated carbocycles. The minimum Gasteiger partial charge on any atom is -0.352 e. The van der Waals surface area contributed by atoms with E-state index in [4.69, 9.17) is 34.8 Å². The first-order chi connectivity index (χ1) is 19.5. The van der Waals surface area contributed by atoms with E-state index in [2.05, 4.69) is 5.32 Å². The zero-order chi connectivity index (χ0) is 29.6. The van der Waals surface area contributed by atoms with Crippen molar-refractivity contribution in [3.05, 3.63) is 99.0 Å². The van der Waals surface area contributed by atoms with Gasteiger partial charge in [0.25, 0.3) is 0 Å². The molecule has 3 aromatic carbocycles. The summed E-state index contributed by atoms with van der Waals surface area (Å²) in [4.78, 5) is 29.4. The van der Waals surface area contributed by atoms with Gasteiger partial charge >= 0.3 is 0 Å². The molecule has 4 rings (SSSR count). The lowest BCUT2D eigenvalue weighted by Crippen LogP contribution is -2.54. The SMILES string of the molecule is CS(=O)(=O)N(CC(=O)N(Cc1ccc(Cl)cc1Cl)C(Cc1ccccc1)C(=O)NC1CCCC1)c1ccccc1Cl. The van der Waals surface area contributed by atoms with Gasteiger partial charge in [-0.25, -0.2) is 8.42 Å². The third kappa shape index (κ3) is 8.38. The Labute approximate surface area is 256 Å². The number of nitrogens with one attached hydrogen (secondary N) is 1. The van der Waals surface area contributed by atoms with Crippen LogP contribution in [0.1, 0.15) is 36.8 Å². The predicted octanol–water partition coefficient (Wildman–Crippen LogP) is 6.11. The highest BCUT2D eigenvalue weighted by Gasteiger charge is 2.35. The maximum atomic E-state index is 14.2. The largest absolute Gasteiger partial charge is 0.352 e. The van der Waals surface area contributed by atoms with Crippen molar-refractivity contribution in [3.63, 3.8) is 0 Å². The number of sulfonamides is 1. The molecule has 3 aromatic rings. The van der Waals surface area contributed by atoms with Crippen LogP contribution in [0, 0.1) is 0 Å². The molecule has 0 heterocycles. The average Bonchev–Trinajstić information content (AvgIpc) is 3.43. The van der Waals surface area contributed by atoms with Crippen LogP contribution >= 0.6 is 34.8 Å². The van der Waals surface area contributed by atoms with Crippen LogP contribution < -0.4 is 9.62 Å². The number of rotatable bonds is 11. The van der Waals surface area contributed by atoms with Crippen LogP contribution in [0.15, 0.2) is 72.8 Å². The summed E-state index contributed by atoms with van der Waals surface area (Å²) >= 11 is 19.0. The van der Waals surface area contributed by atoms with Gasteiger partial charge in [0.2, 0.25) is 21.8 Å². The average molecular weight is 637 g/mol. The van der Waals surface area contributed by atoms with E-state index in [1.165, 1.54) is 11.0 Å². The Morgan fingerprint density at radius 3 is 2.22 bits per heavy atom. The second-order valence-electron chi connectivity index (χ2n) is 10.2. The Kier molecular flexibility index (Phi) is 10.6. The number of hydrogen-bond donors (Lipinski definition) is 1. The minimum atomic E-state index is -3.92. The molecule has 218 valence electrons. The number of carbonyl (C=O) groups is 2. The topological polar surface area (TPSA) is 86.8 Å². The van der Waals surface area contributed by atoms with Crippen molar-refractivity contribution in [3.8, 4) is 0 Å². The number of para-hydroxylation sites is 1. The fourth-order valence-corrected chi connectivity index (χ4v) is 6.62. The van der Waals surface area contributed by atoms with Crippen molar-refractivity contribution < 1.29 is 18.0 Å². The molecule has 1 fully saturated rings. The number of anilines is 1. The molecule has 0 spiro atoms. The third-order valence-electron chi connectivity index (χ3n) is 7.13. The van der Waals surface area contributed by atoms with Crippen LogP contribution in [-0.2, 0) is 32.6 Å². The van der Waals surface area contributed by atoms with Gasteiger partial charge in [-0.2, -0.15) is 0 Å². The highest BCUT2D eigenvalue weighted by molar-refractivity contribution is 7.92. The molecule has 0 bridgehead atoms. The summed E-state index contributed by atoms with van der Waals surface area (Å²) in [5, 5.41) is 4.07. The zero-order valence-electron chi connectivity index (χ0n) is 22.6. The molecule has 2 amide bonds. The van der Waals surface area contributed by atoms with Gasteiger partial charge in [0.1, 0.15) is 12.6 Å². The first-order valence-electron chi connectivity index (χ1n) is 13.3. The van der Waals surface area contributed by atoms with Crippen molar-refractivity contribution in [1.29, 1.82) is 0 Å². The van der Waals surface area contributed by atoms with E-state index in [9.17, 15) is 18.0 Å². The van der Waals surface area contributed by atoms with Crippen LogP contribution in [0.2, 0.25) is 15.1 Å². The van der Waals surface area contributed by atoms with E-state index in [0.717, 1.165) is 41.8 Å². The lowest BCUT2D eigenvalue weighted by molar-refractivity contribution is -0.140. The van der Waals surface area contributed by atoms with E-state index in [0.29, 0.717) is 15.6 Å². The molecule has 0 radical (unpaired) electrons. The van der Waals surface area contributed by atoms with Crippen molar-refractivity contribution >= 4 is 62.3 Å². The number of benzene rings is 3. The van der Waals surface area contributed by atoms with Gasteiger partial charge in [-0.15, -0.1) is 0 Å². The van der Waals surface area contributed by atoms with Crippen LogP contribution in [0.25, 0.3) is 0 Å². The number of carbonyl (C=O) groups excluding carboxylic acids is 2. The standard InChI is InChI=1S/C30H32Cl3N3O4S/c1-41(39,40)36(27-14-8-7-13-25(27)32)20-29(37)35(19-22-15-16-23(31)18-26(22)33)28(17-21-9-3-2-4-10-21)30(38)34-24-11-5-6-12-24/h2-4,7-10,13-16,18,24,28H,5-6,11-12,17,19-20H2,1H3,(H,34,38). The van der Waals surface area contributed by atoms with Crippen LogP contribution in [0.3, 0.4) is 0 Å². The predicted molar refractivity (Wildman–Crippen MR) is 165 cm³/mol. The lowest BCUT2D eigenvalue weighted by atomic mass is 10.0. The van der Waals surface area contributed by atoms with Crippen molar-refractivity contribution in [2.75, 3.05) is 17.1 Å². The monoisotopic (exact) mass is 635 g/mol. The molecule has 0 aliphatic heterocycles. The van der Waals surface area contributed by atoms with E-state index in [1.54, 1.807) is 36.4 Å². The molecule has 0 saturated heterocycles. The quantitative estimate of drug-likeness (QED) is 0.275. The van der Waals surface area contributed by atoms with E-state index >= 15 is 0 Å². The number of nitrogens with zero attached hydrogens (tertiary/aromatic N) is 2. The summed E-state index contributed by atoms with van der Waals surface area (Å²) in [6, 6.07) is 19.8. The number of halogens is 3. The van der Waals surface area contributed by atoms with Gasteiger partial charge in [0.05, 0.1) is 17.0 Å². The van der Waals surface area contributed by atoms with Gasteiger partial charge in [-0.05, 0) is 48.2 Å². The summed E-state index contributed by atoms with van der Waals surface area (Å²) in [7, 11) is -3.92. The number of amides is 2. The van der Waals surface area contributed by atoms with Gasteiger partial charge in [0, 0.05) is 29.1 Å². The van der Waals surface area contributed by atoms with Crippen LogP contribution in [-0.4, -0.2) is 50.0 Å². The molecule has 1 atom stereocenters. The first kappa shape index (κ1) is 31.2. The zero-order valence-corrected chi connectivity index (χ0v) is 25.7. The maximum Gasteiger partial charge on any atom is 0.244 e. The molecule has 1 N–H and O–H groups in total. The van der Waals surface area contributed by atoms with Gasteiger partial charge in [-0.3, -0.25) is 13.9 Å². The molecule has 41 heavy (non-hydrogen) atoms. The normalized spacial score (nSPS) is 14.4. The summed E-state index contributed by atoms with van der Waals surface area (Å²) in [6.07, 6.45) is 5.03. The van der Waals surface area contributed by atoms with Crippen molar-refractivity contribution in [2.45, 2.75) is 50.7 Å². The highest BCUT2D eigenvalue weighted by Crippen LogP contribution is 2.29. The van der Waals surface area contributed by atoms with Gasteiger partial charge < -0.3 is 10.2 Å². The van der Waals surface area contributed by atoms with Crippen LogP contribution in [0.5, 0.6) is 0 Å². The third-order valence-corrected chi connectivity index (χ3v) is 9.16. The smallest absolute Gasteiger partial charge is 0.244 e. The first-order valence-corrected chi connectivity index (χ1v) is 16.3. The summed E-state index contributed by atoms with van der Waals surface area (Å²) in [5.74, 6) is -0.883. The van der Waals surface area contributed by atoms with Gasteiger partial charge in [-0.1, -0.05) is 96.2 Å². The minimum absolute atomic E-state index is 0.0208. The summed E-state index contributed by atoms with van der Waals surface area (Å²) in [5.41, 5.74) is 1.59. The van der Waals surface area contributed by atoms with E-state index < -0.39 is 28.5 Å². The molecule has 1 unspecified atom stereocenters. The molecule has 0 aromatic heterocycles. The molecular weight excluding hydrogens is 605 g/mol. The Morgan fingerprint density at radius 1 is 0.927 bits per heavy atom. The Bertz CT molecular complexity index is 1480.